The lowest BCUT2D eigenvalue weighted by atomic mass is 10.1. The summed E-state index contributed by atoms with van der Waals surface area (Å²) in [5.74, 6) is -0.496. The number of carboxylic acid groups (broad SMARTS) is 1. The normalized spacial score (nSPS) is 10.4. The molecule has 0 amide bonds. The van der Waals surface area contributed by atoms with Gasteiger partial charge in [-0.15, -0.1) is 0 Å². The van der Waals surface area contributed by atoms with Crippen molar-refractivity contribution in [1.82, 2.24) is 15.1 Å². The molecule has 2 heterocycles. The van der Waals surface area contributed by atoms with E-state index in [2.05, 4.69) is 15.1 Å². The zero-order valence-corrected chi connectivity index (χ0v) is 8.76. The van der Waals surface area contributed by atoms with E-state index in [1.807, 2.05) is 0 Å². The summed E-state index contributed by atoms with van der Waals surface area (Å²) in [4.78, 5) is 18.9. The first kappa shape index (κ1) is 10.3. The molecule has 82 valence electrons. The highest BCUT2D eigenvalue weighted by atomic mass is 16.5. The van der Waals surface area contributed by atoms with E-state index in [0.29, 0.717) is 17.1 Å². The van der Waals surface area contributed by atoms with Gasteiger partial charge in [0.1, 0.15) is 0 Å². The molecule has 0 atom stereocenters. The number of aromatic carboxylic acids is 1. The largest absolute Gasteiger partial charge is 0.476 e. The van der Waals surface area contributed by atoms with Gasteiger partial charge in [-0.25, -0.2) is 9.78 Å². The molecule has 0 aliphatic heterocycles. The second kappa shape index (κ2) is 3.73. The Hall–Kier alpha value is -2.24. The topological polar surface area (TPSA) is 89.1 Å². The number of aryl methyl sites for hydroxylation is 2. The molecule has 0 aliphatic carbocycles. The predicted molar refractivity (Wildman–Crippen MR) is 54.0 cm³/mol. The molecular formula is C10H9N3O3. The molecule has 0 radical (unpaired) electrons. The van der Waals surface area contributed by atoms with Crippen LogP contribution in [0.25, 0.3) is 11.5 Å². The van der Waals surface area contributed by atoms with Crippen LogP contribution < -0.4 is 0 Å². The van der Waals surface area contributed by atoms with Crippen LogP contribution >= 0.6 is 0 Å². The SMILES string of the molecule is Cc1ccc(-c2nc(C)no2)c(C(=O)O)n1. The Kier molecular flexibility index (Phi) is 2.40. The van der Waals surface area contributed by atoms with E-state index in [0.717, 1.165) is 0 Å². The van der Waals surface area contributed by atoms with Gasteiger partial charge in [-0.2, -0.15) is 4.98 Å². The van der Waals surface area contributed by atoms with Gasteiger partial charge in [-0.05, 0) is 26.0 Å². The number of carbonyl (C=O) groups is 1. The van der Waals surface area contributed by atoms with Crippen LogP contribution in [0.1, 0.15) is 22.0 Å². The summed E-state index contributed by atoms with van der Waals surface area (Å²) in [6.45, 7) is 3.38. The van der Waals surface area contributed by atoms with Crippen molar-refractivity contribution in [3.63, 3.8) is 0 Å². The van der Waals surface area contributed by atoms with Crippen LogP contribution in [0.4, 0.5) is 0 Å². The lowest BCUT2D eigenvalue weighted by molar-refractivity contribution is 0.0691. The van der Waals surface area contributed by atoms with Crippen molar-refractivity contribution < 1.29 is 14.4 Å². The maximum absolute atomic E-state index is 11.0. The van der Waals surface area contributed by atoms with E-state index >= 15 is 0 Å². The fraction of sp³-hybridized carbons (Fsp3) is 0.200. The third-order valence-electron chi connectivity index (χ3n) is 2.00. The number of nitrogens with zero attached hydrogens (tertiary/aromatic N) is 3. The van der Waals surface area contributed by atoms with Crippen LogP contribution in [-0.4, -0.2) is 26.2 Å². The quantitative estimate of drug-likeness (QED) is 0.822. The van der Waals surface area contributed by atoms with Crippen LogP contribution in [0.2, 0.25) is 0 Å². The van der Waals surface area contributed by atoms with E-state index in [1.54, 1.807) is 26.0 Å². The zero-order valence-electron chi connectivity index (χ0n) is 8.76. The summed E-state index contributed by atoms with van der Waals surface area (Å²) in [5, 5.41) is 12.6. The fourth-order valence-corrected chi connectivity index (χ4v) is 1.30. The number of rotatable bonds is 2. The Labute approximate surface area is 90.9 Å². The lowest BCUT2D eigenvalue weighted by Gasteiger charge is -2.01. The van der Waals surface area contributed by atoms with Crippen molar-refractivity contribution in [2.75, 3.05) is 0 Å². The highest BCUT2D eigenvalue weighted by Gasteiger charge is 2.18. The van der Waals surface area contributed by atoms with Gasteiger partial charge < -0.3 is 9.63 Å². The molecule has 6 nitrogen and oxygen atoms in total. The number of aromatic nitrogens is 3. The summed E-state index contributed by atoms with van der Waals surface area (Å²) in [6.07, 6.45) is 0. The van der Waals surface area contributed by atoms with Gasteiger partial charge in [-0.3, -0.25) is 0 Å². The average Bonchev–Trinajstić information content (AvgIpc) is 2.64. The van der Waals surface area contributed by atoms with Crippen molar-refractivity contribution in [2.45, 2.75) is 13.8 Å². The number of pyridine rings is 1. The Morgan fingerprint density at radius 3 is 2.62 bits per heavy atom. The number of hydrogen-bond donors (Lipinski definition) is 1. The molecule has 0 aliphatic rings. The van der Waals surface area contributed by atoms with Crippen molar-refractivity contribution in [3.8, 4) is 11.5 Å². The minimum Gasteiger partial charge on any atom is -0.476 e. The standard InChI is InChI=1S/C10H9N3O3/c1-5-3-4-7(8(11-5)10(14)15)9-12-6(2)13-16-9/h3-4H,1-2H3,(H,14,15). The van der Waals surface area contributed by atoms with Crippen LogP contribution in [0.15, 0.2) is 16.7 Å². The van der Waals surface area contributed by atoms with Gasteiger partial charge in [0, 0.05) is 5.69 Å². The molecule has 2 rings (SSSR count). The van der Waals surface area contributed by atoms with E-state index in [-0.39, 0.29) is 11.6 Å². The summed E-state index contributed by atoms with van der Waals surface area (Å²) >= 11 is 0. The maximum Gasteiger partial charge on any atom is 0.355 e. The molecule has 0 fully saturated rings. The van der Waals surface area contributed by atoms with Crippen LogP contribution in [-0.2, 0) is 0 Å². The highest BCUT2D eigenvalue weighted by Crippen LogP contribution is 2.20. The third kappa shape index (κ3) is 1.77. The van der Waals surface area contributed by atoms with Crippen molar-refractivity contribution in [2.24, 2.45) is 0 Å². The summed E-state index contributed by atoms with van der Waals surface area (Å²) in [5.41, 5.74) is 0.875. The minimum absolute atomic E-state index is 0.0800. The summed E-state index contributed by atoms with van der Waals surface area (Å²) in [7, 11) is 0. The molecule has 0 saturated heterocycles. The highest BCUT2D eigenvalue weighted by molar-refractivity contribution is 5.92. The predicted octanol–water partition coefficient (Wildman–Crippen LogP) is 1.45. The Morgan fingerprint density at radius 1 is 1.31 bits per heavy atom. The maximum atomic E-state index is 11.0. The molecule has 1 N–H and O–H groups in total. The van der Waals surface area contributed by atoms with Gasteiger partial charge in [0.15, 0.2) is 11.5 Å². The van der Waals surface area contributed by atoms with E-state index in [1.165, 1.54) is 0 Å². The van der Waals surface area contributed by atoms with Crippen LogP contribution in [0, 0.1) is 13.8 Å². The first-order valence-electron chi connectivity index (χ1n) is 4.59. The monoisotopic (exact) mass is 219 g/mol. The molecule has 6 heteroatoms. The molecule has 0 bridgehead atoms. The second-order valence-corrected chi connectivity index (χ2v) is 3.30. The van der Waals surface area contributed by atoms with Crippen molar-refractivity contribution in [3.05, 3.63) is 29.3 Å². The summed E-state index contributed by atoms with van der Waals surface area (Å²) in [6, 6.07) is 3.31. The molecule has 2 aromatic heterocycles. The first-order chi connectivity index (χ1) is 7.58. The van der Waals surface area contributed by atoms with Gasteiger partial charge >= 0.3 is 5.97 Å². The lowest BCUT2D eigenvalue weighted by Crippen LogP contribution is -2.04. The third-order valence-corrected chi connectivity index (χ3v) is 2.00. The summed E-state index contributed by atoms with van der Waals surface area (Å²) < 4.78 is 4.92. The molecule has 0 spiro atoms. The molecule has 0 saturated carbocycles. The smallest absolute Gasteiger partial charge is 0.355 e. The molecule has 0 aromatic carbocycles. The van der Waals surface area contributed by atoms with Gasteiger partial charge in [0.05, 0.1) is 5.56 Å². The second-order valence-electron chi connectivity index (χ2n) is 3.30. The number of carboxylic acids is 1. The molecule has 0 unspecified atom stereocenters. The van der Waals surface area contributed by atoms with Crippen molar-refractivity contribution in [1.29, 1.82) is 0 Å². The van der Waals surface area contributed by atoms with Gasteiger partial charge in [0.2, 0.25) is 0 Å². The zero-order chi connectivity index (χ0) is 11.7. The molecule has 16 heavy (non-hydrogen) atoms. The van der Waals surface area contributed by atoms with Crippen LogP contribution in [0.3, 0.4) is 0 Å². The van der Waals surface area contributed by atoms with Gasteiger partial charge in [0.25, 0.3) is 5.89 Å². The van der Waals surface area contributed by atoms with Crippen LogP contribution in [0.5, 0.6) is 0 Å². The average molecular weight is 219 g/mol. The number of hydrogen-bond acceptors (Lipinski definition) is 5. The van der Waals surface area contributed by atoms with E-state index in [9.17, 15) is 4.79 Å². The Bertz CT molecular complexity index is 548. The fourth-order valence-electron chi connectivity index (χ4n) is 1.30. The van der Waals surface area contributed by atoms with Gasteiger partial charge in [-0.1, -0.05) is 5.16 Å². The minimum atomic E-state index is -1.12. The van der Waals surface area contributed by atoms with E-state index < -0.39 is 5.97 Å². The van der Waals surface area contributed by atoms with E-state index in [4.69, 9.17) is 9.63 Å². The molecule has 2 aromatic rings. The first-order valence-corrected chi connectivity index (χ1v) is 4.59. The Balaban J connectivity index is 2.60. The van der Waals surface area contributed by atoms with Crippen molar-refractivity contribution >= 4 is 5.97 Å². The Morgan fingerprint density at radius 2 is 2.06 bits per heavy atom. The molecular weight excluding hydrogens is 210 g/mol.